The van der Waals surface area contributed by atoms with Crippen molar-refractivity contribution in [2.24, 2.45) is 0 Å². The van der Waals surface area contributed by atoms with Gasteiger partial charge >= 0.3 is 0 Å². The maximum absolute atomic E-state index is 14.6. The number of anilines is 1. The Bertz CT molecular complexity index is 1760. The van der Waals surface area contributed by atoms with Crippen LogP contribution in [0.2, 0.25) is 10.0 Å². The summed E-state index contributed by atoms with van der Waals surface area (Å²) in [5.74, 6) is -0.972. The van der Waals surface area contributed by atoms with Crippen LogP contribution in [0.15, 0.2) is 95.9 Å². The highest BCUT2D eigenvalue weighted by Crippen LogP contribution is 2.30. The molecule has 1 atom stereocenters. The van der Waals surface area contributed by atoms with E-state index in [1.54, 1.807) is 42.5 Å². The molecule has 0 aliphatic carbocycles. The number of benzene rings is 4. The summed E-state index contributed by atoms with van der Waals surface area (Å²) < 4.78 is 29.6. The molecule has 2 amide bonds. The highest BCUT2D eigenvalue weighted by atomic mass is 35.5. The molecule has 0 aromatic heterocycles. The number of aryl methyl sites for hydroxylation is 3. The predicted molar refractivity (Wildman–Crippen MR) is 186 cm³/mol. The minimum absolute atomic E-state index is 0.0455. The molecule has 0 aliphatic heterocycles. The Morgan fingerprint density at radius 1 is 0.783 bits per heavy atom. The molecule has 4 rings (SSSR count). The van der Waals surface area contributed by atoms with E-state index in [1.807, 2.05) is 71.0 Å². The van der Waals surface area contributed by atoms with Gasteiger partial charge in [0.1, 0.15) is 12.6 Å². The average Bonchev–Trinajstić information content (AvgIpc) is 2.98. The van der Waals surface area contributed by atoms with Gasteiger partial charge in [0.2, 0.25) is 11.8 Å². The van der Waals surface area contributed by atoms with Gasteiger partial charge in [-0.15, -0.1) is 0 Å². The number of nitrogens with zero attached hydrogens (tertiary/aromatic N) is 2. The van der Waals surface area contributed by atoms with Crippen molar-refractivity contribution in [3.8, 4) is 0 Å². The molecule has 1 N–H and O–H groups in total. The largest absolute Gasteiger partial charge is 0.352 e. The van der Waals surface area contributed by atoms with Gasteiger partial charge in [0.25, 0.3) is 10.0 Å². The van der Waals surface area contributed by atoms with Gasteiger partial charge in [0.15, 0.2) is 0 Å². The summed E-state index contributed by atoms with van der Waals surface area (Å²) in [7, 11) is -4.21. The topological polar surface area (TPSA) is 86.8 Å². The molecule has 7 nitrogen and oxygen atoms in total. The van der Waals surface area contributed by atoms with Crippen LogP contribution in [0, 0.1) is 20.8 Å². The van der Waals surface area contributed by atoms with Gasteiger partial charge in [-0.25, -0.2) is 8.42 Å². The fourth-order valence-corrected chi connectivity index (χ4v) is 7.16. The molecular formula is C36H39Cl2N3O4S. The number of hydrogen-bond donors (Lipinski definition) is 1. The standard InChI is InChI=1S/C36H39Cl2N3O4S/c1-24(2)39-36(43)34(21-28-10-7-6-8-11-28)40(22-31-32(37)12-9-13-33(31)38)35(42)23-41(29-19-26(4)18-27(5)20-29)46(44,45)30-16-14-25(3)15-17-30/h6-20,24,34H,21-23H2,1-5H3,(H,39,43)/t34-/m0/s1. The second kappa shape index (κ2) is 15.2. The second-order valence-electron chi connectivity index (χ2n) is 11.8. The number of nitrogens with one attached hydrogen (secondary N) is 1. The van der Waals surface area contributed by atoms with Gasteiger partial charge in [-0.3, -0.25) is 13.9 Å². The predicted octanol–water partition coefficient (Wildman–Crippen LogP) is 7.28. The van der Waals surface area contributed by atoms with Gasteiger partial charge in [-0.2, -0.15) is 0 Å². The highest BCUT2D eigenvalue weighted by Gasteiger charge is 2.35. The first-order valence-corrected chi connectivity index (χ1v) is 17.2. The zero-order valence-electron chi connectivity index (χ0n) is 26.6. The lowest BCUT2D eigenvalue weighted by Crippen LogP contribution is -2.54. The molecular weight excluding hydrogens is 641 g/mol. The van der Waals surface area contributed by atoms with Crippen molar-refractivity contribution < 1.29 is 18.0 Å². The summed E-state index contributed by atoms with van der Waals surface area (Å²) in [5, 5.41) is 3.59. The van der Waals surface area contributed by atoms with Crippen LogP contribution in [0.25, 0.3) is 0 Å². The van der Waals surface area contributed by atoms with Gasteiger partial charge in [0, 0.05) is 34.6 Å². The molecule has 4 aromatic carbocycles. The van der Waals surface area contributed by atoms with Crippen molar-refractivity contribution in [1.29, 1.82) is 0 Å². The molecule has 0 radical (unpaired) electrons. The van der Waals surface area contributed by atoms with E-state index in [4.69, 9.17) is 23.2 Å². The summed E-state index contributed by atoms with van der Waals surface area (Å²) in [6.07, 6.45) is 0.182. The van der Waals surface area contributed by atoms with Crippen LogP contribution in [0.3, 0.4) is 0 Å². The Morgan fingerprint density at radius 3 is 1.93 bits per heavy atom. The van der Waals surface area contributed by atoms with Crippen LogP contribution in [0.1, 0.15) is 41.7 Å². The van der Waals surface area contributed by atoms with E-state index in [2.05, 4.69) is 5.32 Å². The minimum Gasteiger partial charge on any atom is -0.352 e. The van der Waals surface area contributed by atoms with Crippen LogP contribution in [-0.4, -0.2) is 43.8 Å². The Hall–Kier alpha value is -3.85. The van der Waals surface area contributed by atoms with Crippen molar-refractivity contribution in [3.63, 3.8) is 0 Å². The van der Waals surface area contributed by atoms with Crippen LogP contribution < -0.4 is 9.62 Å². The Kier molecular flexibility index (Phi) is 11.5. The van der Waals surface area contributed by atoms with Gasteiger partial charge in [0.05, 0.1) is 10.6 Å². The van der Waals surface area contributed by atoms with E-state index in [-0.39, 0.29) is 29.8 Å². The van der Waals surface area contributed by atoms with Crippen molar-refractivity contribution in [2.75, 3.05) is 10.8 Å². The smallest absolute Gasteiger partial charge is 0.264 e. The average molecular weight is 681 g/mol. The normalized spacial score (nSPS) is 12.1. The summed E-state index contributed by atoms with van der Waals surface area (Å²) in [4.78, 5) is 29.9. The minimum atomic E-state index is -4.21. The summed E-state index contributed by atoms with van der Waals surface area (Å²) >= 11 is 13.2. The van der Waals surface area contributed by atoms with Crippen molar-refractivity contribution in [2.45, 2.75) is 64.6 Å². The lowest BCUT2D eigenvalue weighted by Gasteiger charge is -2.34. The van der Waals surface area contributed by atoms with Gasteiger partial charge in [-0.1, -0.05) is 83.4 Å². The molecule has 0 fully saturated rings. The van der Waals surface area contributed by atoms with Gasteiger partial charge in [-0.05, 0) is 87.7 Å². The van der Waals surface area contributed by atoms with E-state index in [0.717, 1.165) is 26.6 Å². The molecule has 0 saturated carbocycles. The Morgan fingerprint density at radius 2 is 1.37 bits per heavy atom. The quantitative estimate of drug-likeness (QED) is 0.171. The van der Waals surface area contributed by atoms with Crippen molar-refractivity contribution in [1.82, 2.24) is 10.2 Å². The van der Waals surface area contributed by atoms with E-state index < -0.39 is 28.5 Å². The Balaban J connectivity index is 1.86. The number of amides is 2. The summed E-state index contributed by atoms with van der Waals surface area (Å²) in [6, 6.07) is 25.0. The number of carbonyl (C=O) groups excluding carboxylic acids is 2. The number of carbonyl (C=O) groups is 2. The summed E-state index contributed by atoms with van der Waals surface area (Å²) in [5.41, 5.74) is 4.19. The third-order valence-electron chi connectivity index (χ3n) is 7.47. The van der Waals surface area contributed by atoms with Crippen LogP contribution >= 0.6 is 23.2 Å². The maximum Gasteiger partial charge on any atom is 0.264 e. The molecule has 0 heterocycles. The van der Waals surface area contributed by atoms with Crippen molar-refractivity contribution >= 4 is 50.7 Å². The first-order valence-electron chi connectivity index (χ1n) is 15.0. The third kappa shape index (κ3) is 8.69. The molecule has 0 spiro atoms. The zero-order chi connectivity index (χ0) is 33.6. The second-order valence-corrected chi connectivity index (χ2v) is 14.4. The van der Waals surface area contributed by atoms with E-state index in [0.29, 0.717) is 21.3 Å². The molecule has 0 saturated heterocycles. The number of halogens is 2. The van der Waals surface area contributed by atoms with Crippen LogP contribution in [-0.2, 0) is 32.6 Å². The fourth-order valence-electron chi connectivity index (χ4n) is 5.25. The first-order chi connectivity index (χ1) is 21.8. The number of hydrogen-bond acceptors (Lipinski definition) is 4. The number of rotatable bonds is 12. The number of sulfonamides is 1. The van der Waals surface area contributed by atoms with Crippen molar-refractivity contribution in [3.05, 3.63) is 129 Å². The monoisotopic (exact) mass is 679 g/mol. The third-order valence-corrected chi connectivity index (χ3v) is 9.97. The SMILES string of the molecule is Cc1ccc(S(=O)(=O)N(CC(=O)N(Cc2c(Cl)cccc2Cl)[C@@H](Cc2ccccc2)C(=O)NC(C)C)c2cc(C)cc(C)c2)cc1. The van der Waals surface area contributed by atoms with Crippen LogP contribution in [0.5, 0.6) is 0 Å². The van der Waals surface area contributed by atoms with E-state index in [9.17, 15) is 18.0 Å². The van der Waals surface area contributed by atoms with Crippen LogP contribution in [0.4, 0.5) is 5.69 Å². The van der Waals surface area contributed by atoms with E-state index in [1.165, 1.54) is 17.0 Å². The zero-order valence-corrected chi connectivity index (χ0v) is 29.0. The highest BCUT2D eigenvalue weighted by molar-refractivity contribution is 7.92. The molecule has 0 unspecified atom stereocenters. The molecule has 4 aromatic rings. The molecule has 242 valence electrons. The lowest BCUT2D eigenvalue weighted by molar-refractivity contribution is -0.140. The molecule has 46 heavy (non-hydrogen) atoms. The summed E-state index contributed by atoms with van der Waals surface area (Å²) in [6.45, 7) is 8.59. The maximum atomic E-state index is 14.6. The molecule has 0 bridgehead atoms. The first kappa shape index (κ1) is 35.0. The van der Waals surface area contributed by atoms with Gasteiger partial charge < -0.3 is 10.2 Å². The molecule has 0 aliphatic rings. The Labute approximate surface area is 282 Å². The lowest BCUT2D eigenvalue weighted by atomic mass is 10.0. The fraction of sp³-hybridized carbons (Fsp3) is 0.278. The molecule has 10 heteroatoms. The van der Waals surface area contributed by atoms with E-state index >= 15 is 0 Å².